The quantitative estimate of drug-likeness (QED) is 0.917. The van der Waals surface area contributed by atoms with Gasteiger partial charge < -0.3 is 10.6 Å². The number of carbonyl (C=O) groups excluding carboxylic acids is 1. The number of rotatable bonds is 3. The normalized spacial score (nSPS) is 19.8. The number of carbonyl (C=O) groups is 1. The lowest BCUT2D eigenvalue weighted by molar-refractivity contribution is -0.133. The molecule has 1 saturated heterocycles. The maximum Gasteiger partial charge on any atom is 0.227 e. The predicted octanol–water partition coefficient (Wildman–Crippen LogP) is 2.05. The predicted molar refractivity (Wildman–Crippen MR) is 73.7 cm³/mol. The van der Waals surface area contributed by atoms with E-state index in [9.17, 15) is 4.79 Å². The first kappa shape index (κ1) is 14.5. The fraction of sp³-hybridized carbons (Fsp3) is 0.583. The second-order valence-electron chi connectivity index (χ2n) is 4.28. The molecule has 1 aliphatic rings. The highest BCUT2D eigenvalue weighted by atomic mass is 35.5. The van der Waals surface area contributed by atoms with Crippen LogP contribution >= 0.6 is 23.7 Å². The van der Waals surface area contributed by atoms with E-state index in [1.807, 2.05) is 21.7 Å². The van der Waals surface area contributed by atoms with Crippen molar-refractivity contribution in [3.8, 4) is 0 Å². The lowest BCUT2D eigenvalue weighted by Gasteiger charge is -2.35. The van der Waals surface area contributed by atoms with Crippen molar-refractivity contribution >= 4 is 29.7 Å². The molecule has 2 N–H and O–H groups in total. The van der Waals surface area contributed by atoms with Crippen LogP contribution in [0.1, 0.15) is 24.8 Å². The monoisotopic (exact) mass is 274 g/mol. The molecule has 96 valence electrons. The second-order valence-corrected chi connectivity index (χ2v) is 5.06. The maximum absolute atomic E-state index is 12.1. The molecule has 1 amide bonds. The minimum absolute atomic E-state index is 0. The zero-order valence-electron chi connectivity index (χ0n) is 9.80. The van der Waals surface area contributed by atoms with Crippen LogP contribution in [0, 0.1) is 0 Å². The lowest BCUT2D eigenvalue weighted by Crippen LogP contribution is -2.47. The van der Waals surface area contributed by atoms with Gasteiger partial charge in [0.05, 0.1) is 6.42 Å². The SMILES string of the molecule is Cl.NCC1CCCCN1C(=O)Cc1ccsc1. The summed E-state index contributed by atoms with van der Waals surface area (Å²) in [4.78, 5) is 14.1. The minimum atomic E-state index is 0. The lowest BCUT2D eigenvalue weighted by atomic mass is 10.0. The summed E-state index contributed by atoms with van der Waals surface area (Å²) in [6, 6.07) is 2.28. The van der Waals surface area contributed by atoms with Crippen molar-refractivity contribution in [1.29, 1.82) is 0 Å². The number of thiophene rings is 1. The smallest absolute Gasteiger partial charge is 0.227 e. The van der Waals surface area contributed by atoms with Crippen molar-refractivity contribution in [1.82, 2.24) is 4.90 Å². The second kappa shape index (κ2) is 6.99. The molecule has 0 bridgehead atoms. The third-order valence-electron chi connectivity index (χ3n) is 3.16. The van der Waals surface area contributed by atoms with Gasteiger partial charge in [-0.3, -0.25) is 4.79 Å². The van der Waals surface area contributed by atoms with Crippen LogP contribution in [0.25, 0.3) is 0 Å². The Bertz CT molecular complexity index is 342. The Kier molecular flexibility index (Phi) is 5.95. The van der Waals surface area contributed by atoms with Crippen molar-refractivity contribution in [2.24, 2.45) is 5.73 Å². The molecule has 1 aliphatic heterocycles. The van der Waals surface area contributed by atoms with Crippen LogP contribution < -0.4 is 5.73 Å². The number of nitrogens with zero attached hydrogens (tertiary/aromatic N) is 1. The third-order valence-corrected chi connectivity index (χ3v) is 3.89. The van der Waals surface area contributed by atoms with E-state index >= 15 is 0 Å². The highest BCUT2D eigenvalue weighted by molar-refractivity contribution is 7.07. The number of hydrogen-bond acceptors (Lipinski definition) is 3. The number of hydrogen-bond donors (Lipinski definition) is 1. The number of amides is 1. The van der Waals surface area contributed by atoms with E-state index in [1.165, 1.54) is 6.42 Å². The van der Waals surface area contributed by atoms with Crippen molar-refractivity contribution in [3.63, 3.8) is 0 Å². The van der Waals surface area contributed by atoms with Gasteiger partial charge in [-0.15, -0.1) is 12.4 Å². The molecule has 1 unspecified atom stereocenters. The molecule has 2 heterocycles. The number of halogens is 1. The van der Waals surface area contributed by atoms with E-state index in [-0.39, 0.29) is 24.4 Å². The molecule has 5 heteroatoms. The first-order valence-electron chi connectivity index (χ1n) is 5.82. The van der Waals surface area contributed by atoms with Crippen LogP contribution in [0.15, 0.2) is 16.8 Å². The van der Waals surface area contributed by atoms with Gasteiger partial charge in [0.2, 0.25) is 5.91 Å². The summed E-state index contributed by atoms with van der Waals surface area (Å²) < 4.78 is 0. The van der Waals surface area contributed by atoms with E-state index in [4.69, 9.17) is 5.73 Å². The Labute approximate surface area is 112 Å². The summed E-state index contributed by atoms with van der Waals surface area (Å²) in [5.74, 6) is 0.230. The van der Waals surface area contributed by atoms with E-state index in [1.54, 1.807) is 11.3 Å². The Balaban J connectivity index is 0.00000144. The first-order chi connectivity index (χ1) is 7.81. The van der Waals surface area contributed by atoms with Crippen molar-refractivity contribution in [3.05, 3.63) is 22.4 Å². The molecule has 1 aromatic heterocycles. The molecule has 1 fully saturated rings. The average Bonchev–Trinajstić information content (AvgIpc) is 2.81. The highest BCUT2D eigenvalue weighted by Crippen LogP contribution is 2.18. The van der Waals surface area contributed by atoms with Crippen LogP contribution in [-0.4, -0.2) is 29.9 Å². The molecule has 0 radical (unpaired) electrons. The van der Waals surface area contributed by atoms with E-state index in [0.29, 0.717) is 13.0 Å². The Morgan fingerprint density at radius 1 is 1.53 bits per heavy atom. The van der Waals surface area contributed by atoms with Gasteiger partial charge in [-0.25, -0.2) is 0 Å². The summed E-state index contributed by atoms with van der Waals surface area (Å²) in [5.41, 5.74) is 6.83. The molecule has 0 spiro atoms. The van der Waals surface area contributed by atoms with Gasteiger partial charge in [0, 0.05) is 19.1 Å². The van der Waals surface area contributed by atoms with Crippen LogP contribution in [-0.2, 0) is 11.2 Å². The summed E-state index contributed by atoms with van der Waals surface area (Å²) in [6.45, 7) is 1.47. The van der Waals surface area contributed by atoms with Gasteiger partial charge in [-0.1, -0.05) is 0 Å². The molecule has 17 heavy (non-hydrogen) atoms. The highest BCUT2D eigenvalue weighted by Gasteiger charge is 2.25. The van der Waals surface area contributed by atoms with Gasteiger partial charge >= 0.3 is 0 Å². The molecule has 1 atom stereocenters. The topological polar surface area (TPSA) is 46.3 Å². The molecule has 1 aromatic rings. The van der Waals surface area contributed by atoms with Crippen LogP contribution in [0.2, 0.25) is 0 Å². The molecule has 0 aliphatic carbocycles. The Hall–Kier alpha value is -0.580. The van der Waals surface area contributed by atoms with Gasteiger partial charge in [0.25, 0.3) is 0 Å². The minimum Gasteiger partial charge on any atom is -0.338 e. The van der Waals surface area contributed by atoms with E-state index < -0.39 is 0 Å². The zero-order chi connectivity index (χ0) is 11.4. The van der Waals surface area contributed by atoms with Crippen molar-refractivity contribution < 1.29 is 4.79 Å². The number of piperidine rings is 1. The van der Waals surface area contributed by atoms with Gasteiger partial charge in [0.1, 0.15) is 0 Å². The molecule has 2 rings (SSSR count). The molecule has 0 saturated carbocycles. The van der Waals surface area contributed by atoms with Gasteiger partial charge in [-0.05, 0) is 41.7 Å². The van der Waals surface area contributed by atoms with Crippen LogP contribution in [0.4, 0.5) is 0 Å². The van der Waals surface area contributed by atoms with Crippen LogP contribution in [0.3, 0.4) is 0 Å². The van der Waals surface area contributed by atoms with Crippen LogP contribution in [0.5, 0.6) is 0 Å². The summed E-state index contributed by atoms with van der Waals surface area (Å²) in [5, 5.41) is 4.05. The number of nitrogens with two attached hydrogens (primary N) is 1. The molecule has 3 nitrogen and oxygen atoms in total. The van der Waals surface area contributed by atoms with Crippen molar-refractivity contribution in [2.45, 2.75) is 31.7 Å². The summed E-state index contributed by atoms with van der Waals surface area (Å²) in [6.07, 6.45) is 3.90. The summed E-state index contributed by atoms with van der Waals surface area (Å²) in [7, 11) is 0. The molecule has 0 aromatic carbocycles. The Morgan fingerprint density at radius 2 is 2.35 bits per heavy atom. The molecular formula is C12H19ClN2OS. The standard InChI is InChI=1S/C12H18N2OS.ClH/c13-8-11-3-1-2-5-14(11)12(15)7-10-4-6-16-9-10;/h4,6,9,11H,1-3,5,7-8,13H2;1H. The van der Waals surface area contributed by atoms with E-state index in [0.717, 1.165) is 24.9 Å². The zero-order valence-corrected chi connectivity index (χ0v) is 11.4. The average molecular weight is 275 g/mol. The molecular weight excluding hydrogens is 256 g/mol. The van der Waals surface area contributed by atoms with Gasteiger partial charge in [0.15, 0.2) is 0 Å². The summed E-state index contributed by atoms with van der Waals surface area (Å²) >= 11 is 1.64. The third kappa shape index (κ3) is 3.69. The number of likely N-dealkylation sites (tertiary alicyclic amines) is 1. The fourth-order valence-electron chi connectivity index (χ4n) is 2.24. The largest absolute Gasteiger partial charge is 0.338 e. The maximum atomic E-state index is 12.1. The van der Waals surface area contributed by atoms with E-state index in [2.05, 4.69) is 0 Å². The first-order valence-corrected chi connectivity index (χ1v) is 6.76. The van der Waals surface area contributed by atoms with Crippen molar-refractivity contribution in [2.75, 3.05) is 13.1 Å². The van der Waals surface area contributed by atoms with Gasteiger partial charge in [-0.2, -0.15) is 11.3 Å². The Morgan fingerprint density at radius 3 is 3.00 bits per heavy atom. The fourth-order valence-corrected chi connectivity index (χ4v) is 2.91.